The molecule has 2 rings (SSSR count). The van der Waals surface area contributed by atoms with E-state index in [1.54, 1.807) is 0 Å². The van der Waals surface area contributed by atoms with Crippen molar-refractivity contribution in [1.29, 1.82) is 5.26 Å². The molecule has 0 aromatic carbocycles. The Kier molecular flexibility index (Phi) is 4.15. The second-order valence-electron chi connectivity index (χ2n) is 6.85. The van der Waals surface area contributed by atoms with Crippen LogP contribution in [0.1, 0.15) is 46.0 Å². The van der Waals surface area contributed by atoms with Crippen molar-refractivity contribution < 1.29 is 4.79 Å². The van der Waals surface area contributed by atoms with Crippen LogP contribution in [-0.2, 0) is 4.79 Å². The quantitative estimate of drug-likeness (QED) is 0.765. The highest BCUT2D eigenvalue weighted by Gasteiger charge is 2.41. The molecule has 1 saturated heterocycles. The predicted molar refractivity (Wildman–Crippen MR) is 74.4 cm³/mol. The van der Waals surface area contributed by atoms with E-state index in [1.165, 1.54) is 25.7 Å². The Morgan fingerprint density at radius 1 is 1.32 bits per heavy atom. The number of hydrogen-bond donors (Lipinski definition) is 0. The maximum atomic E-state index is 12.5. The van der Waals surface area contributed by atoms with Crippen molar-refractivity contribution in [3.05, 3.63) is 0 Å². The Balaban J connectivity index is 2.27. The first-order chi connectivity index (χ1) is 8.94. The third-order valence-electron chi connectivity index (χ3n) is 4.42. The Hall–Kier alpha value is -1.08. The lowest BCUT2D eigenvalue weighted by Crippen LogP contribution is -2.49. The molecular weight excluding hydrogens is 238 g/mol. The van der Waals surface area contributed by atoms with Crippen LogP contribution in [0.5, 0.6) is 0 Å². The lowest BCUT2D eigenvalue weighted by atomic mass is 9.91. The van der Waals surface area contributed by atoms with Crippen LogP contribution >= 0.6 is 0 Å². The van der Waals surface area contributed by atoms with E-state index >= 15 is 0 Å². The summed E-state index contributed by atoms with van der Waals surface area (Å²) in [7, 11) is 1.87. The Labute approximate surface area is 116 Å². The van der Waals surface area contributed by atoms with Gasteiger partial charge in [-0.3, -0.25) is 9.69 Å². The second-order valence-corrected chi connectivity index (χ2v) is 6.85. The van der Waals surface area contributed by atoms with Gasteiger partial charge in [0.1, 0.15) is 6.04 Å². The van der Waals surface area contributed by atoms with Gasteiger partial charge in [0.05, 0.1) is 12.5 Å². The van der Waals surface area contributed by atoms with E-state index in [9.17, 15) is 4.79 Å². The first-order valence-electron chi connectivity index (χ1n) is 7.32. The van der Waals surface area contributed by atoms with Crippen LogP contribution in [0.25, 0.3) is 0 Å². The largest absolute Gasteiger partial charge is 0.344 e. The normalized spacial score (nSPS) is 29.3. The standard InChI is InChI=1S/C15H25N3O/c1-15(2)10-17(3)14(19)13(8-9-16)18(11-15)12-6-4-5-7-12/h12-13H,4-8,10-11H2,1-3H3. The molecule has 0 radical (unpaired) electrons. The summed E-state index contributed by atoms with van der Waals surface area (Å²) in [6.45, 7) is 6.12. The predicted octanol–water partition coefficient (Wildman–Crippen LogP) is 2.01. The Bertz CT molecular complexity index is 379. The minimum atomic E-state index is -0.236. The number of nitriles is 1. The molecule has 19 heavy (non-hydrogen) atoms. The van der Waals surface area contributed by atoms with Crippen molar-refractivity contribution in [3.8, 4) is 6.07 Å². The number of carbonyl (C=O) groups excluding carboxylic acids is 1. The molecular formula is C15H25N3O. The SMILES string of the molecule is CN1CC(C)(C)CN(C2CCCC2)C(CC#N)C1=O. The van der Waals surface area contributed by atoms with Crippen molar-refractivity contribution in [2.24, 2.45) is 5.41 Å². The van der Waals surface area contributed by atoms with E-state index in [0.29, 0.717) is 12.5 Å². The molecule has 1 atom stereocenters. The molecule has 0 aromatic heterocycles. The van der Waals surface area contributed by atoms with Gasteiger partial charge in [-0.05, 0) is 18.3 Å². The summed E-state index contributed by atoms with van der Waals surface area (Å²) in [5.74, 6) is 0.124. The van der Waals surface area contributed by atoms with Gasteiger partial charge in [-0.25, -0.2) is 0 Å². The third-order valence-corrected chi connectivity index (χ3v) is 4.42. The first-order valence-corrected chi connectivity index (χ1v) is 7.32. The Morgan fingerprint density at radius 2 is 1.95 bits per heavy atom. The van der Waals surface area contributed by atoms with E-state index in [0.717, 1.165) is 13.1 Å². The molecule has 1 unspecified atom stereocenters. The van der Waals surface area contributed by atoms with Crippen molar-refractivity contribution >= 4 is 5.91 Å². The summed E-state index contributed by atoms with van der Waals surface area (Å²) < 4.78 is 0. The molecule has 1 heterocycles. The topological polar surface area (TPSA) is 47.3 Å². The summed E-state index contributed by atoms with van der Waals surface area (Å²) >= 11 is 0. The molecule has 106 valence electrons. The number of likely N-dealkylation sites (N-methyl/N-ethyl adjacent to an activating group) is 1. The van der Waals surface area contributed by atoms with Crippen LogP contribution in [0.3, 0.4) is 0 Å². The first kappa shape index (κ1) is 14.3. The fourth-order valence-electron chi connectivity index (χ4n) is 3.68. The molecule has 1 amide bonds. The number of hydrogen-bond acceptors (Lipinski definition) is 3. The fraction of sp³-hybridized carbons (Fsp3) is 0.867. The van der Waals surface area contributed by atoms with Gasteiger partial charge < -0.3 is 4.90 Å². The zero-order valence-electron chi connectivity index (χ0n) is 12.4. The van der Waals surface area contributed by atoms with Gasteiger partial charge in [-0.2, -0.15) is 5.26 Å². The molecule has 0 bridgehead atoms. The average Bonchev–Trinajstić information content (AvgIpc) is 2.83. The van der Waals surface area contributed by atoms with E-state index in [4.69, 9.17) is 5.26 Å². The van der Waals surface area contributed by atoms with Gasteiger partial charge in [-0.1, -0.05) is 26.7 Å². The van der Waals surface area contributed by atoms with Gasteiger partial charge in [-0.15, -0.1) is 0 Å². The minimum Gasteiger partial charge on any atom is -0.344 e. The van der Waals surface area contributed by atoms with E-state index in [-0.39, 0.29) is 17.4 Å². The summed E-state index contributed by atoms with van der Waals surface area (Å²) in [4.78, 5) is 16.7. The van der Waals surface area contributed by atoms with Crippen molar-refractivity contribution in [2.75, 3.05) is 20.1 Å². The maximum absolute atomic E-state index is 12.5. The molecule has 2 fully saturated rings. The zero-order valence-corrected chi connectivity index (χ0v) is 12.4. The summed E-state index contributed by atoms with van der Waals surface area (Å²) in [5, 5.41) is 9.06. The molecule has 0 aromatic rings. The summed E-state index contributed by atoms with van der Waals surface area (Å²) in [5.41, 5.74) is 0.0945. The van der Waals surface area contributed by atoms with Crippen LogP contribution in [0, 0.1) is 16.7 Å². The lowest BCUT2D eigenvalue weighted by Gasteiger charge is -2.36. The molecule has 1 aliphatic heterocycles. The van der Waals surface area contributed by atoms with Gasteiger partial charge >= 0.3 is 0 Å². The van der Waals surface area contributed by atoms with Gasteiger partial charge in [0.15, 0.2) is 0 Å². The molecule has 4 heteroatoms. The van der Waals surface area contributed by atoms with E-state index in [1.807, 2.05) is 11.9 Å². The monoisotopic (exact) mass is 263 g/mol. The van der Waals surface area contributed by atoms with Gasteiger partial charge in [0.25, 0.3) is 0 Å². The van der Waals surface area contributed by atoms with Crippen LogP contribution in [0.2, 0.25) is 0 Å². The van der Waals surface area contributed by atoms with Crippen LogP contribution < -0.4 is 0 Å². The molecule has 1 saturated carbocycles. The number of carbonyl (C=O) groups is 1. The smallest absolute Gasteiger partial charge is 0.240 e. The van der Waals surface area contributed by atoms with Crippen molar-refractivity contribution in [1.82, 2.24) is 9.80 Å². The van der Waals surface area contributed by atoms with E-state index < -0.39 is 0 Å². The third kappa shape index (κ3) is 3.09. The highest BCUT2D eigenvalue weighted by molar-refractivity contribution is 5.82. The second kappa shape index (κ2) is 5.50. The number of amides is 1. The van der Waals surface area contributed by atoms with Crippen LogP contribution in [0.15, 0.2) is 0 Å². The highest BCUT2D eigenvalue weighted by Crippen LogP contribution is 2.32. The molecule has 0 spiro atoms. The lowest BCUT2D eigenvalue weighted by molar-refractivity contribution is -0.134. The molecule has 1 aliphatic carbocycles. The maximum Gasteiger partial charge on any atom is 0.240 e. The molecule has 2 aliphatic rings. The van der Waals surface area contributed by atoms with Crippen LogP contribution in [-0.4, -0.2) is 47.9 Å². The van der Waals surface area contributed by atoms with Crippen molar-refractivity contribution in [3.63, 3.8) is 0 Å². The minimum absolute atomic E-state index is 0.0945. The molecule has 0 N–H and O–H groups in total. The van der Waals surface area contributed by atoms with Crippen molar-refractivity contribution in [2.45, 2.75) is 58.0 Å². The Morgan fingerprint density at radius 3 is 2.53 bits per heavy atom. The average molecular weight is 263 g/mol. The highest BCUT2D eigenvalue weighted by atomic mass is 16.2. The van der Waals surface area contributed by atoms with Gasteiger partial charge in [0, 0.05) is 26.2 Å². The number of rotatable bonds is 2. The van der Waals surface area contributed by atoms with Gasteiger partial charge in [0.2, 0.25) is 5.91 Å². The summed E-state index contributed by atoms with van der Waals surface area (Å²) in [6, 6.07) is 2.47. The number of nitrogens with zero attached hydrogens (tertiary/aromatic N) is 3. The van der Waals surface area contributed by atoms with Crippen LogP contribution in [0.4, 0.5) is 0 Å². The molecule has 4 nitrogen and oxygen atoms in total. The zero-order chi connectivity index (χ0) is 14.0. The fourth-order valence-corrected chi connectivity index (χ4v) is 3.68. The van der Waals surface area contributed by atoms with E-state index in [2.05, 4.69) is 24.8 Å². The summed E-state index contributed by atoms with van der Waals surface area (Å²) in [6.07, 6.45) is 5.18.